The molecule has 2 rings (SSSR count). The molecule has 1 N–H and O–H groups in total. The highest BCUT2D eigenvalue weighted by atomic mass is 35.5. The van der Waals surface area contributed by atoms with E-state index in [1.54, 1.807) is 0 Å². The van der Waals surface area contributed by atoms with Crippen molar-refractivity contribution in [3.8, 4) is 0 Å². The van der Waals surface area contributed by atoms with Crippen LogP contribution in [-0.2, 0) is 4.79 Å². The number of nitrogens with one attached hydrogen (secondary N) is 1. The van der Waals surface area contributed by atoms with E-state index in [-0.39, 0.29) is 12.4 Å². The van der Waals surface area contributed by atoms with Gasteiger partial charge < -0.3 is 10.2 Å². The van der Waals surface area contributed by atoms with Gasteiger partial charge in [-0.15, -0.1) is 12.4 Å². The Balaban J connectivity index is 0.00000162. The Morgan fingerprint density at radius 3 is 2.67 bits per heavy atom. The highest BCUT2D eigenvalue weighted by Gasteiger charge is 2.26. The Bertz CT molecular complexity index is 267. The quantitative estimate of drug-likeness (QED) is 0.857. The molecule has 0 radical (unpaired) electrons. The molecule has 3 atom stereocenters. The van der Waals surface area contributed by atoms with Gasteiger partial charge in [0.1, 0.15) is 0 Å². The molecule has 0 bridgehead atoms. The zero-order valence-electron chi connectivity index (χ0n) is 11.7. The largest absolute Gasteiger partial charge is 0.342 e. The number of nitrogens with zero attached hydrogens (tertiary/aromatic N) is 1. The summed E-state index contributed by atoms with van der Waals surface area (Å²) in [7, 11) is 0. The number of amides is 1. The molecule has 18 heavy (non-hydrogen) atoms. The number of hydrogen-bond acceptors (Lipinski definition) is 2. The van der Waals surface area contributed by atoms with Crippen molar-refractivity contribution < 1.29 is 4.79 Å². The SMILES string of the molecule is CC1CCN(C(=O)CCC2CCNC2)CC1C.Cl. The molecule has 106 valence electrons. The molecule has 2 fully saturated rings. The standard InChI is InChI=1S/C14H26N2O.ClH/c1-11-6-8-16(10-12(11)2)14(17)4-3-13-5-7-15-9-13;/h11-13,15H,3-10H2,1-2H3;1H. The van der Waals surface area contributed by atoms with E-state index < -0.39 is 0 Å². The molecule has 0 aliphatic carbocycles. The lowest BCUT2D eigenvalue weighted by Crippen LogP contribution is -2.42. The van der Waals surface area contributed by atoms with Gasteiger partial charge in [0.15, 0.2) is 0 Å². The van der Waals surface area contributed by atoms with Gasteiger partial charge in [0.25, 0.3) is 0 Å². The lowest BCUT2D eigenvalue weighted by atomic mass is 9.88. The summed E-state index contributed by atoms with van der Waals surface area (Å²) in [6.45, 7) is 8.77. The minimum atomic E-state index is 0. The van der Waals surface area contributed by atoms with Gasteiger partial charge in [-0.3, -0.25) is 4.79 Å². The maximum atomic E-state index is 12.1. The fraction of sp³-hybridized carbons (Fsp3) is 0.929. The van der Waals surface area contributed by atoms with Crippen LogP contribution in [0.1, 0.15) is 39.5 Å². The van der Waals surface area contributed by atoms with Crippen molar-refractivity contribution in [2.75, 3.05) is 26.2 Å². The van der Waals surface area contributed by atoms with Gasteiger partial charge in [0.05, 0.1) is 0 Å². The first kappa shape index (κ1) is 15.8. The van der Waals surface area contributed by atoms with Crippen molar-refractivity contribution in [3.63, 3.8) is 0 Å². The lowest BCUT2D eigenvalue weighted by molar-refractivity contribution is -0.133. The van der Waals surface area contributed by atoms with Crippen LogP contribution in [0, 0.1) is 17.8 Å². The Labute approximate surface area is 117 Å². The van der Waals surface area contributed by atoms with Crippen LogP contribution in [0.4, 0.5) is 0 Å². The van der Waals surface area contributed by atoms with E-state index in [2.05, 4.69) is 24.1 Å². The van der Waals surface area contributed by atoms with Crippen molar-refractivity contribution in [1.29, 1.82) is 0 Å². The topological polar surface area (TPSA) is 32.3 Å². The van der Waals surface area contributed by atoms with Gasteiger partial charge in [-0.25, -0.2) is 0 Å². The molecule has 4 heteroatoms. The summed E-state index contributed by atoms with van der Waals surface area (Å²) < 4.78 is 0. The first-order valence-electron chi connectivity index (χ1n) is 7.15. The average Bonchev–Trinajstić information content (AvgIpc) is 2.82. The summed E-state index contributed by atoms with van der Waals surface area (Å²) in [4.78, 5) is 14.2. The third kappa shape index (κ3) is 4.13. The minimum Gasteiger partial charge on any atom is -0.342 e. The van der Waals surface area contributed by atoms with Gasteiger partial charge in [0, 0.05) is 19.5 Å². The first-order valence-corrected chi connectivity index (χ1v) is 7.15. The zero-order chi connectivity index (χ0) is 12.3. The highest BCUT2D eigenvalue weighted by molar-refractivity contribution is 5.85. The molecule has 0 spiro atoms. The predicted molar refractivity (Wildman–Crippen MR) is 77.0 cm³/mol. The molecule has 0 saturated carbocycles. The summed E-state index contributed by atoms with van der Waals surface area (Å²) in [5, 5.41) is 3.36. The number of hydrogen-bond donors (Lipinski definition) is 1. The van der Waals surface area contributed by atoms with Crippen LogP contribution in [0.2, 0.25) is 0 Å². The van der Waals surface area contributed by atoms with E-state index in [9.17, 15) is 4.79 Å². The van der Waals surface area contributed by atoms with Crippen LogP contribution < -0.4 is 5.32 Å². The van der Waals surface area contributed by atoms with E-state index in [1.807, 2.05) is 0 Å². The number of carbonyl (C=O) groups is 1. The number of halogens is 1. The van der Waals surface area contributed by atoms with Crippen LogP contribution in [0.25, 0.3) is 0 Å². The van der Waals surface area contributed by atoms with E-state index >= 15 is 0 Å². The summed E-state index contributed by atoms with van der Waals surface area (Å²) in [5.41, 5.74) is 0. The second-order valence-electron chi connectivity index (χ2n) is 5.98. The molecule has 3 nitrogen and oxygen atoms in total. The molecule has 2 heterocycles. The maximum Gasteiger partial charge on any atom is 0.222 e. The predicted octanol–water partition coefficient (Wildman–Crippen LogP) is 2.30. The lowest BCUT2D eigenvalue weighted by Gasteiger charge is -2.35. The van der Waals surface area contributed by atoms with Gasteiger partial charge in [-0.1, -0.05) is 13.8 Å². The van der Waals surface area contributed by atoms with Gasteiger partial charge in [-0.05, 0) is 50.1 Å². The first-order chi connectivity index (χ1) is 8.16. The Morgan fingerprint density at radius 1 is 1.28 bits per heavy atom. The van der Waals surface area contributed by atoms with Crippen LogP contribution in [0.3, 0.4) is 0 Å². The Kier molecular flexibility index (Phi) is 6.44. The fourth-order valence-corrected chi connectivity index (χ4v) is 2.94. The number of likely N-dealkylation sites (tertiary alicyclic amines) is 1. The molecule has 0 aromatic heterocycles. The highest BCUT2D eigenvalue weighted by Crippen LogP contribution is 2.23. The van der Waals surface area contributed by atoms with Crippen molar-refractivity contribution in [3.05, 3.63) is 0 Å². The molecule has 0 aromatic carbocycles. The molecular formula is C14H27ClN2O. The Hall–Kier alpha value is -0.280. The molecule has 1 amide bonds. The van der Waals surface area contributed by atoms with Crippen molar-refractivity contribution >= 4 is 18.3 Å². The normalized spacial score (nSPS) is 32.1. The third-order valence-corrected chi connectivity index (χ3v) is 4.62. The van der Waals surface area contributed by atoms with E-state index in [0.29, 0.717) is 11.8 Å². The third-order valence-electron chi connectivity index (χ3n) is 4.62. The number of rotatable bonds is 3. The average molecular weight is 275 g/mol. The number of piperidine rings is 1. The summed E-state index contributed by atoms with van der Waals surface area (Å²) in [6.07, 6.45) is 4.26. The van der Waals surface area contributed by atoms with Crippen LogP contribution in [0.5, 0.6) is 0 Å². The van der Waals surface area contributed by atoms with Crippen LogP contribution >= 0.6 is 12.4 Å². The Morgan fingerprint density at radius 2 is 2.06 bits per heavy atom. The van der Waals surface area contributed by atoms with E-state index in [4.69, 9.17) is 0 Å². The smallest absolute Gasteiger partial charge is 0.222 e. The summed E-state index contributed by atoms with van der Waals surface area (Å²) >= 11 is 0. The molecule has 3 unspecified atom stereocenters. The van der Waals surface area contributed by atoms with Crippen molar-refractivity contribution in [1.82, 2.24) is 10.2 Å². The van der Waals surface area contributed by atoms with Crippen LogP contribution in [-0.4, -0.2) is 37.0 Å². The molecule has 2 aliphatic heterocycles. The van der Waals surface area contributed by atoms with Gasteiger partial charge in [-0.2, -0.15) is 0 Å². The van der Waals surface area contributed by atoms with Crippen LogP contribution in [0.15, 0.2) is 0 Å². The summed E-state index contributed by atoms with van der Waals surface area (Å²) in [5.74, 6) is 2.56. The van der Waals surface area contributed by atoms with E-state index in [0.717, 1.165) is 50.9 Å². The van der Waals surface area contributed by atoms with Gasteiger partial charge >= 0.3 is 0 Å². The van der Waals surface area contributed by atoms with E-state index in [1.165, 1.54) is 12.8 Å². The second kappa shape index (κ2) is 7.34. The zero-order valence-corrected chi connectivity index (χ0v) is 12.5. The monoisotopic (exact) mass is 274 g/mol. The fourth-order valence-electron chi connectivity index (χ4n) is 2.94. The maximum absolute atomic E-state index is 12.1. The van der Waals surface area contributed by atoms with Crippen molar-refractivity contribution in [2.24, 2.45) is 17.8 Å². The van der Waals surface area contributed by atoms with Crippen molar-refractivity contribution in [2.45, 2.75) is 39.5 Å². The molecule has 0 aromatic rings. The molecule has 2 aliphatic rings. The molecule has 2 saturated heterocycles. The van der Waals surface area contributed by atoms with Gasteiger partial charge in [0.2, 0.25) is 5.91 Å². The number of carbonyl (C=O) groups excluding carboxylic acids is 1. The second-order valence-corrected chi connectivity index (χ2v) is 5.98. The molecular weight excluding hydrogens is 248 g/mol. The summed E-state index contributed by atoms with van der Waals surface area (Å²) in [6, 6.07) is 0. The minimum absolute atomic E-state index is 0.